The lowest BCUT2D eigenvalue weighted by atomic mass is 10.1. The summed E-state index contributed by atoms with van der Waals surface area (Å²) in [6.07, 6.45) is 0. The topological polar surface area (TPSA) is 88.9 Å². The highest BCUT2D eigenvalue weighted by Gasteiger charge is 2.22. The summed E-state index contributed by atoms with van der Waals surface area (Å²) < 4.78 is 7.10. The molecule has 0 aliphatic heterocycles. The number of tetrazole rings is 1. The molecule has 1 aromatic carbocycles. The molecule has 9 heteroatoms. The number of fused-ring (bicyclic) bond motifs is 1. The Bertz CT molecular complexity index is 1220. The van der Waals surface area contributed by atoms with Crippen molar-refractivity contribution >= 4 is 22.2 Å². The van der Waals surface area contributed by atoms with E-state index in [9.17, 15) is 4.79 Å². The number of pyridine rings is 1. The van der Waals surface area contributed by atoms with Crippen molar-refractivity contribution in [1.82, 2.24) is 30.1 Å². The van der Waals surface area contributed by atoms with Crippen molar-refractivity contribution in [2.45, 2.75) is 45.9 Å². The van der Waals surface area contributed by atoms with E-state index in [4.69, 9.17) is 4.74 Å². The van der Waals surface area contributed by atoms with E-state index in [-0.39, 0.29) is 11.1 Å². The predicted molar refractivity (Wildman–Crippen MR) is 121 cm³/mol. The zero-order valence-electron chi connectivity index (χ0n) is 18.1. The number of rotatable bonds is 7. The minimum atomic E-state index is -0.229. The number of H-pyrrole nitrogens is 1. The Balaban J connectivity index is 1.65. The first kappa shape index (κ1) is 21.2. The second-order valence-corrected chi connectivity index (χ2v) is 9.51. The van der Waals surface area contributed by atoms with Crippen LogP contribution in [0.1, 0.15) is 37.0 Å². The second-order valence-electron chi connectivity index (χ2n) is 8.48. The van der Waals surface area contributed by atoms with Crippen molar-refractivity contribution in [2.24, 2.45) is 0 Å². The summed E-state index contributed by atoms with van der Waals surface area (Å²) in [5, 5.41) is 15.3. The van der Waals surface area contributed by atoms with E-state index < -0.39 is 0 Å². The third-order valence-electron chi connectivity index (χ3n) is 5.02. The fourth-order valence-electron chi connectivity index (χ4n) is 3.53. The van der Waals surface area contributed by atoms with Gasteiger partial charge in [0.05, 0.1) is 24.7 Å². The number of thiophene rings is 1. The summed E-state index contributed by atoms with van der Waals surface area (Å²) in [6.45, 7) is 7.92. The van der Waals surface area contributed by atoms with Gasteiger partial charge in [0, 0.05) is 29.6 Å². The standard InChI is InChI=1S/C22H26N6O2S/c1-22(2,3)28-20(24-25-26-28)14-27(13-18-6-5-9-31-18)12-16-10-15-7-8-17(30-4)11-19(15)23-21(16)29/h5-11H,12-14H2,1-4H3,(H,23,29). The van der Waals surface area contributed by atoms with E-state index in [1.807, 2.05) is 35.0 Å². The Morgan fingerprint density at radius 2 is 2.00 bits per heavy atom. The predicted octanol–water partition coefficient (Wildman–Crippen LogP) is 3.54. The average Bonchev–Trinajstić information content (AvgIpc) is 3.40. The largest absolute Gasteiger partial charge is 0.497 e. The number of aromatic nitrogens is 5. The van der Waals surface area contributed by atoms with Gasteiger partial charge in [0.15, 0.2) is 5.82 Å². The number of ether oxygens (including phenoxy) is 1. The van der Waals surface area contributed by atoms with Crippen LogP contribution in [0.2, 0.25) is 0 Å². The summed E-state index contributed by atoms with van der Waals surface area (Å²) in [5.41, 5.74) is 1.12. The summed E-state index contributed by atoms with van der Waals surface area (Å²) in [7, 11) is 1.61. The van der Waals surface area contributed by atoms with Crippen LogP contribution in [0, 0.1) is 0 Å². The Morgan fingerprint density at radius 3 is 2.71 bits per heavy atom. The number of methoxy groups -OCH3 is 1. The van der Waals surface area contributed by atoms with Gasteiger partial charge in [-0.05, 0) is 66.2 Å². The molecule has 4 rings (SSSR count). The zero-order chi connectivity index (χ0) is 22.0. The van der Waals surface area contributed by atoms with Crippen LogP contribution in [0.5, 0.6) is 5.75 Å². The maximum atomic E-state index is 12.8. The van der Waals surface area contributed by atoms with Gasteiger partial charge in [-0.25, -0.2) is 4.68 Å². The van der Waals surface area contributed by atoms with Crippen LogP contribution in [0.15, 0.2) is 46.6 Å². The molecule has 0 unspecified atom stereocenters. The van der Waals surface area contributed by atoms with Crippen LogP contribution in [-0.2, 0) is 25.2 Å². The monoisotopic (exact) mass is 438 g/mol. The SMILES string of the molecule is COc1ccc2cc(CN(Cc3cccs3)Cc3nnnn3C(C)(C)C)c(=O)[nH]c2c1. The molecule has 0 bridgehead atoms. The van der Waals surface area contributed by atoms with Crippen molar-refractivity contribution < 1.29 is 4.74 Å². The molecule has 1 N–H and O–H groups in total. The van der Waals surface area contributed by atoms with Gasteiger partial charge < -0.3 is 9.72 Å². The fourth-order valence-corrected chi connectivity index (χ4v) is 4.27. The summed E-state index contributed by atoms with van der Waals surface area (Å²) in [4.78, 5) is 19.2. The van der Waals surface area contributed by atoms with Crippen LogP contribution >= 0.6 is 11.3 Å². The van der Waals surface area contributed by atoms with Crippen LogP contribution in [-0.4, -0.2) is 37.2 Å². The summed E-state index contributed by atoms with van der Waals surface area (Å²) in [5.74, 6) is 1.48. The number of hydrogen-bond acceptors (Lipinski definition) is 7. The molecular formula is C22H26N6O2S. The molecule has 0 aliphatic carbocycles. The van der Waals surface area contributed by atoms with E-state index in [2.05, 4.69) is 57.6 Å². The minimum absolute atomic E-state index is 0.104. The van der Waals surface area contributed by atoms with Crippen LogP contribution in [0.4, 0.5) is 0 Å². The van der Waals surface area contributed by atoms with Gasteiger partial charge in [-0.3, -0.25) is 9.69 Å². The maximum absolute atomic E-state index is 12.8. The van der Waals surface area contributed by atoms with Gasteiger partial charge in [0.1, 0.15) is 5.75 Å². The van der Waals surface area contributed by atoms with Gasteiger partial charge in [-0.1, -0.05) is 6.07 Å². The number of nitrogens with zero attached hydrogens (tertiary/aromatic N) is 5. The van der Waals surface area contributed by atoms with Crippen molar-refractivity contribution in [1.29, 1.82) is 0 Å². The Labute approximate surface area is 184 Å². The number of nitrogens with one attached hydrogen (secondary N) is 1. The van der Waals surface area contributed by atoms with E-state index in [0.29, 0.717) is 30.9 Å². The van der Waals surface area contributed by atoms with Crippen molar-refractivity contribution in [3.8, 4) is 5.75 Å². The highest BCUT2D eigenvalue weighted by Crippen LogP contribution is 2.21. The Hall–Kier alpha value is -3.04. The molecule has 0 fully saturated rings. The van der Waals surface area contributed by atoms with E-state index >= 15 is 0 Å². The molecule has 0 radical (unpaired) electrons. The van der Waals surface area contributed by atoms with Gasteiger partial charge in [-0.15, -0.1) is 16.4 Å². The molecule has 31 heavy (non-hydrogen) atoms. The molecule has 4 aromatic rings. The number of aromatic amines is 1. The molecule has 3 aromatic heterocycles. The quantitative estimate of drug-likeness (QED) is 0.475. The molecule has 0 amide bonds. The van der Waals surface area contributed by atoms with Crippen molar-refractivity contribution in [2.75, 3.05) is 7.11 Å². The lowest BCUT2D eigenvalue weighted by molar-refractivity contribution is 0.225. The van der Waals surface area contributed by atoms with E-state index in [1.165, 1.54) is 4.88 Å². The zero-order valence-corrected chi connectivity index (χ0v) is 18.9. The van der Waals surface area contributed by atoms with Gasteiger partial charge in [0.25, 0.3) is 5.56 Å². The Kier molecular flexibility index (Phi) is 5.88. The second kappa shape index (κ2) is 8.60. The van der Waals surface area contributed by atoms with Crippen LogP contribution < -0.4 is 10.3 Å². The molecule has 0 aliphatic rings. The van der Waals surface area contributed by atoms with Gasteiger partial charge in [-0.2, -0.15) is 0 Å². The smallest absolute Gasteiger partial charge is 0.252 e. The first-order valence-corrected chi connectivity index (χ1v) is 10.9. The normalized spacial score (nSPS) is 12.0. The lowest BCUT2D eigenvalue weighted by Crippen LogP contribution is -2.31. The van der Waals surface area contributed by atoms with Crippen LogP contribution in [0.25, 0.3) is 10.9 Å². The molecule has 162 valence electrons. The highest BCUT2D eigenvalue weighted by molar-refractivity contribution is 7.09. The van der Waals surface area contributed by atoms with Crippen LogP contribution in [0.3, 0.4) is 0 Å². The highest BCUT2D eigenvalue weighted by atomic mass is 32.1. The van der Waals surface area contributed by atoms with Gasteiger partial charge in [0.2, 0.25) is 0 Å². The molecule has 8 nitrogen and oxygen atoms in total. The van der Waals surface area contributed by atoms with Crippen molar-refractivity contribution in [3.05, 3.63) is 68.4 Å². The lowest BCUT2D eigenvalue weighted by Gasteiger charge is -2.24. The van der Waals surface area contributed by atoms with E-state index in [1.54, 1.807) is 18.4 Å². The molecular weight excluding hydrogens is 412 g/mol. The Morgan fingerprint density at radius 1 is 1.16 bits per heavy atom. The number of benzene rings is 1. The molecule has 0 saturated carbocycles. The molecule has 0 saturated heterocycles. The summed E-state index contributed by atoms with van der Waals surface area (Å²) in [6, 6.07) is 11.8. The van der Waals surface area contributed by atoms with Gasteiger partial charge >= 0.3 is 0 Å². The first-order chi connectivity index (χ1) is 14.8. The number of hydrogen-bond donors (Lipinski definition) is 1. The van der Waals surface area contributed by atoms with Crippen molar-refractivity contribution in [3.63, 3.8) is 0 Å². The fraction of sp³-hybridized carbons (Fsp3) is 0.364. The molecule has 0 spiro atoms. The first-order valence-electron chi connectivity index (χ1n) is 10.1. The molecule has 3 heterocycles. The summed E-state index contributed by atoms with van der Waals surface area (Å²) >= 11 is 1.70. The third kappa shape index (κ3) is 4.83. The molecule has 0 atom stereocenters. The van der Waals surface area contributed by atoms with E-state index in [0.717, 1.165) is 16.7 Å². The maximum Gasteiger partial charge on any atom is 0.252 e. The third-order valence-corrected chi connectivity index (χ3v) is 5.88. The minimum Gasteiger partial charge on any atom is -0.497 e. The average molecular weight is 439 g/mol.